The molecule has 4 heteroatoms. The molecule has 0 amide bonds. The first-order valence-electron chi connectivity index (χ1n) is 6.21. The van der Waals surface area contributed by atoms with E-state index in [0.717, 1.165) is 30.1 Å². The largest absolute Gasteiger partial charge is 0.494 e. The van der Waals surface area contributed by atoms with E-state index in [1.165, 1.54) is 5.01 Å². The normalized spacial score (nSPS) is 10.3. The van der Waals surface area contributed by atoms with Gasteiger partial charge in [-0.05, 0) is 37.6 Å². The average Bonchev–Trinajstić information content (AvgIpc) is 2.86. The van der Waals surface area contributed by atoms with Crippen LogP contribution < -0.4 is 10.1 Å². The van der Waals surface area contributed by atoms with Gasteiger partial charge in [0.15, 0.2) is 0 Å². The number of benzene rings is 1. The quantitative estimate of drug-likeness (QED) is 0.861. The van der Waals surface area contributed by atoms with Crippen molar-refractivity contribution < 1.29 is 4.74 Å². The number of nitrogens with one attached hydrogen (secondary N) is 1. The van der Waals surface area contributed by atoms with Crippen molar-refractivity contribution in [2.24, 2.45) is 0 Å². The maximum Gasteiger partial charge on any atom is 0.119 e. The second-order valence-electron chi connectivity index (χ2n) is 3.90. The number of hydrogen-bond acceptors (Lipinski definition) is 4. The first-order chi connectivity index (χ1) is 8.81. The molecule has 18 heavy (non-hydrogen) atoms. The maximum absolute atomic E-state index is 5.40. The van der Waals surface area contributed by atoms with Crippen molar-refractivity contribution in [1.82, 2.24) is 4.98 Å². The van der Waals surface area contributed by atoms with Gasteiger partial charge in [0.05, 0.1) is 23.9 Å². The van der Waals surface area contributed by atoms with Crippen LogP contribution in [-0.4, -0.2) is 11.6 Å². The maximum atomic E-state index is 5.40. The SMILES string of the molecule is CCOc1ccc(NCc2csc(CC)n2)cc1. The van der Waals surface area contributed by atoms with Crippen LogP contribution in [0.5, 0.6) is 5.75 Å². The fourth-order valence-electron chi connectivity index (χ4n) is 1.62. The van der Waals surface area contributed by atoms with Crippen LogP contribution in [0, 0.1) is 0 Å². The van der Waals surface area contributed by atoms with Gasteiger partial charge in [-0.2, -0.15) is 0 Å². The van der Waals surface area contributed by atoms with E-state index in [-0.39, 0.29) is 0 Å². The third-order valence-corrected chi connectivity index (χ3v) is 3.58. The van der Waals surface area contributed by atoms with Gasteiger partial charge in [0.2, 0.25) is 0 Å². The number of ether oxygens (including phenoxy) is 1. The molecule has 0 radical (unpaired) electrons. The van der Waals surface area contributed by atoms with Crippen molar-refractivity contribution in [3.63, 3.8) is 0 Å². The Morgan fingerprint density at radius 3 is 2.61 bits per heavy atom. The van der Waals surface area contributed by atoms with Gasteiger partial charge in [0.1, 0.15) is 5.75 Å². The highest BCUT2D eigenvalue weighted by Crippen LogP contribution is 2.17. The first-order valence-corrected chi connectivity index (χ1v) is 7.09. The lowest BCUT2D eigenvalue weighted by atomic mass is 10.3. The number of thiazole rings is 1. The Kier molecular flexibility index (Phi) is 4.59. The molecule has 0 spiro atoms. The highest BCUT2D eigenvalue weighted by molar-refractivity contribution is 7.09. The predicted molar refractivity (Wildman–Crippen MR) is 76.4 cm³/mol. The van der Waals surface area contributed by atoms with Crippen molar-refractivity contribution in [2.75, 3.05) is 11.9 Å². The molecule has 1 N–H and O–H groups in total. The first kappa shape index (κ1) is 12.9. The molecule has 1 heterocycles. The summed E-state index contributed by atoms with van der Waals surface area (Å²) in [6.07, 6.45) is 1.01. The number of nitrogens with zero attached hydrogens (tertiary/aromatic N) is 1. The highest BCUT2D eigenvalue weighted by atomic mass is 32.1. The zero-order valence-corrected chi connectivity index (χ0v) is 11.6. The van der Waals surface area contributed by atoms with E-state index < -0.39 is 0 Å². The summed E-state index contributed by atoms with van der Waals surface area (Å²) in [6, 6.07) is 8.00. The lowest BCUT2D eigenvalue weighted by Gasteiger charge is -2.06. The molecule has 0 aliphatic heterocycles. The second kappa shape index (κ2) is 6.40. The summed E-state index contributed by atoms with van der Waals surface area (Å²) in [7, 11) is 0. The molecule has 0 bridgehead atoms. The minimum absolute atomic E-state index is 0.700. The lowest BCUT2D eigenvalue weighted by Crippen LogP contribution is -2.00. The zero-order valence-electron chi connectivity index (χ0n) is 10.8. The molecule has 0 unspecified atom stereocenters. The molecule has 2 rings (SSSR count). The Morgan fingerprint density at radius 1 is 1.22 bits per heavy atom. The number of aromatic nitrogens is 1. The third-order valence-electron chi connectivity index (χ3n) is 2.54. The van der Waals surface area contributed by atoms with Crippen molar-refractivity contribution in [2.45, 2.75) is 26.8 Å². The van der Waals surface area contributed by atoms with Gasteiger partial charge in [0, 0.05) is 11.1 Å². The van der Waals surface area contributed by atoms with E-state index in [9.17, 15) is 0 Å². The van der Waals surface area contributed by atoms with Crippen LogP contribution in [0.2, 0.25) is 0 Å². The number of anilines is 1. The Balaban J connectivity index is 1.89. The van der Waals surface area contributed by atoms with Crippen LogP contribution in [0.25, 0.3) is 0 Å². The molecule has 1 aromatic carbocycles. The Labute approximate surface area is 112 Å². The van der Waals surface area contributed by atoms with Crippen LogP contribution >= 0.6 is 11.3 Å². The summed E-state index contributed by atoms with van der Waals surface area (Å²) in [4.78, 5) is 4.52. The van der Waals surface area contributed by atoms with E-state index in [4.69, 9.17) is 4.74 Å². The number of hydrogen-bond donors (Lipinski definition) is 1. The zero-order chi connectivity index (χ0) is 12.8. The van der Waals surface area contributed by atoms with Gasteiger partial charge in [-0.3, -0.25) is 0 Å². The molecule has 0 aliphatic rings. The van der Waals surface area contributed by atoms with Crippen molar-refractivity contribution in [3.05, 3.63) is 40.3 Å². The standard InChI is InChI=1S/C14H18N2OS/c1-3-14-16-12(10-18-14)9-15-11-5-7-13(8-6-11)17-4-2/h5-8,10,15H,3-4,9H2,1-2H3. The average molecular weight is 262 g/mol. The van der Waals surface area contributed by atoms with Crippen LogP contribution in [0.3, 0.4) is 0 Å². The van der Waals surface area contributed by atoms with Crippen molar-refractivity contribution in [3.8, 4) is 5.75 Å². The minimum Gasteiger partial charge on any atom is -0.494 e. The molecule has 0 saturated heterocycles. The highest BCUT2D eigenvalue weighted by Gasteiger charge is 2.00. The molecule has 96 valence electrons. The van der Waals surface area contributed by atoms with E-state index in [1.54, 1.807) is 11.3 Å². The van der Waals surface area contributed by atoms with E-state index in [2.05, 4.69) is 22.6 Å². The van der Waals surface area contributed by atoms with E-state index in [0.29, 0.717) is 6.61 Å². The van der Waals surface area contributed by atoms with Crippen LogP contribution in [0.15, 0.2) is 29.6 Å². The summed E-state index contributed by atoms with van der Waals surface area (Å²) >= 11 is 1.72. The molecule has 0 aliphatic carbocycles. The molecule has 2 aromatic rings. The fraction of sp³-hybridized carbons (Fsp3) is 0.357. The van der Waals surface area contributed by atoms with Gasteiger partial charge >= 0.3 is 0 Å². The summed E-state index contributed by atoms with van der Waals surface area (Å²) in [5.41, 5.74) is 2.19. The van der Waals surface area contributed by atoms with Gasteiger partial charge in [-0.15, -0.1) is 11.3 Å². The van der Waals surface area contributed by atoms with E-state index >= 15 is 0 Å². The predicted octanol–water partition coefficient (Wildman–Crippen LogP) is 3.72. The summed E-state index contributed by atoms with van der Waals surface area (Å²) in [5.74, 6) is 0.907. The summed E-state index contributed by atoms with van der Waals surface area (Å²) < 4.78 is 5.40. The van der Waals surface area contributed by atoms with Crippen LogP contribution in [0.4, 0.5) is 5.69 Å². The van der Waals surface area contributed by atoms with Crippen molar-refractivity contribution in [1.29, 1.82) is 0 Å². The third kappa shape index (κ3) is 3.47. The Hall–Kier alpha value is -1.55. The van der Waals surface area contributed by atoms with Gasteiger partial charge in [0.25, 0.3) is 0 Å². The molecule has 0 atom stereocenters. The van der Waals surface area contributed by atoms with Crippen LogP contribution in [0.1, 0.15) is 24.5 Å². The lowest BCUT2D eigenvalue weighted by molar-refractivity contribution is 0.340. The second-order valence-corrected chi connectivity index (χ2v) is 4.84. The monoisotopic (exact) mass is 262 g/mol. The molecule has 1 aromatic heterocycles. The van der Waals surface area contributed by atoms with Gasteiger partial charge in [-0.25, -0.2) is 4.98 Å². The van der Waals surface area contributed by atoms with Crippen LogP contribution in [-0.2, 0) is 13.0 Å². The molecular formula is C14H18N2OS. The number of rotatable bonds is 6. The van der Waals surface area contributed by atoms with Gasteiger partial charge < -0.3 is 10.1 Å². The minimum atomic E-state index is 0.700. The summed E-state index contributed by atoms with van der Waals surface area (Å²) in [6.45, 7) is 5.58. The number of aryl methyl sites for hydroxylation is 1. The molecular weight excluding hydrogens is 244 g/mol. The molecule has 3 nitrogen and oxygen atoms in total. The Bertz CT molecular complexity index is 479. The van der Waals surface area contributed by atoms with Gasteiger partial charge in [-0.1, -0.05) is 6.92 Å². The Morgan fingerprint density at radius 2 is 2.00 bits per heavy atom. The van der Waals surface area contributed by atoms with Crippen molar-refractivity contribution >= 4 is 17.0 Å². The molecule has 0 saturated carbocycles. The fourth-order valence-corrected chi connectivity index (χ4v) is 2.37. The van der Waals surface area contributed by atoms with E-state index in [1.807, 2.05) is 31.2 Å². The topological polar surface area (TPSA) is 34.1 Å². The molecule has 0 fully saturated rings. The smallest absolute Gasteiger partial charge is 0.119 e. The summed E-state index contributed by atoms with van der Waals surface area (Å²) in [5, 5.41) is 6.66.